The first-order valence-corrected chi connectivity index (χ1v) is 6.39. The number of rotatable bonds is 5. The zero-order valence-corrected chi connectivity index (χ0v) is 10.8. The Labute approximate surface area is 109 Å². The van der Waals surface area contributed by atoms with E-state index in [4.69, 9.17) is 10.5 Å². The van der Waals surface area contributed by atoms with Crippen LogP contribution in [0, 0.1) is 0 Å². The number of benzene rings is 1. The van der Waals surface area contributed by atoms with E-state index in [-0.39, 0.29) is 0 Å². The van der Waals surface area contributed by atoms with E-state index in [0.29, 0.717) is 17.6 Å². The molecule has 0 atom stereocenters. The zero-order chi connectivity index (χ0) is 12.8. The van der Waals surface area contributed by atoms with Gasteiger partial charge in [-0.25, -0.2) is 4.98 Å². The summed E-state index contributed by atoms with van der Waals surface area (Å²) in [4.78, 5) is 4.03. The number of hydrazone groups is 1. The van der Waals surface area contributed by atoms with Crippen molar-refractivity contribution in [2.75, 3.05) is 17.8 Å². The van der Waals surface area contributed by atoms with E-state index in [2.05, 4.69) is 15.5 Å². The van der Waals surface area contributed by atoms with E-state index in [9.17, 15) is 0 Å². The van der Waals surface area contributed by atoms with Gasteiger partial charge >= 0.3 is 0 Å². The third-order valence-corrected chi connectivity index (χ3v) is 2.85. The predicted octanol–water partition coefficient (Wildman–Crippen LogP) is 2.57. The minimum atomic E-state index is 0.499. The van der Waals surface area contributed by atoms with E-state index < -0.39 is 0 Å². The summed E-state index contributed by atoms with van der Waals surface area (Å²) in [6.45, 7) is 2.62. The standard InChI is InChI=1S/C12H14N4OS/c1-2-17-10-5-3-9(4-6-10)7-14-16-12-15-11(13)8-18-12/h3-8H,2,13H2,1H3,(H,15,16). The third-order valence-electron chi connectivity index (χ3n) is 2.09. The van der Waals surface area contributed by atoms with Gasteiger partial charge in [0.1, 0.15) is 11.6 Å². The summed E-state index contributed by atoms with van der Waals surface area (Å²) in [5.41, 5.74) is 9.30. The van der Waals surface area contributed by atoms with Crippen LogP contribution in [0.4, 0.5) is 10.9 Å². The van der Waals surface area contributed by atoms with Crippen molar-refractivity contribution >= 4 is 28.5 Å². The highest BCUT2D eigenvalue weighted by molar-refractivity contribution is 7.14. The highest BCUT2D eigenvalue weighted by Gasteiger charge is 1.95. The van der Waals surface area contributed by atoms with Crippen LogP contribution < -0.4 is 15.9 Å². The second-order valence-corrected chi connectivity index (χ2v) is 4.31. The predicted molar refractivity (Wildman–Crippen MR) is 75.4 cm³/mol. The molecule has 0 radical (unpaired) electrons. The Hall–Kier alpha value is -2.08. The summed E-state index contributed by atoms with van der Waals surface area (Å²) in [6.07, 6.45) is 1.72. The molecule has 0 unspecified atom stereocenters. The van der Waals surface area contributed by atoms with Crippen molar-refractivity contribution in [2.45, 2.75) is 6.92 Å². The van der Waals surface area contributed by atoms with Gasteiger partial charge in [0.15, 0.2) is 0 Å². The summed E-state index contributed by atoms with van der Waals surface area (Å²) in [5, 5.41) is 6.51. The number of aromatic nitrogens is 1. The zero-order valence-electron chi connectivity index (χ0n) is 9.96. The second-order valence-electron chi connectivity index (χ2n) is 3.45. The molecule has 0 saturated heterocycles. The first-order valence-electron chi connectivity index (χ1n) is 5.51. The molecule has 0 amide bonds. The van der Waals surface area contributed by atoms with Crippen molar-refractivity contribution in [1.82, 2.24) is 4.98 Å². The highest BCUT2D eigenvalue weighted by atomic mass is 32.1. The van der Waals surface area contributed by atoms with Crippen LogP contribution in [0.3, 0.4) is 0 Å². The van der Waals surface area contributed by atoms with Crippen LogP contribution >= 0.6 is 11.3 Å². The van der Waals surface area contributed by atoms with Gasteiger partial charge in [0.05, 0.1) is 12.8 Å². The largest absolute Gasteiger partial charge is 0.494 e. The second kappa shape index (κ2) is 6.02. The van der Waals surface area contributed by atoms with Gasteiger partial charge in [-0.2, -0.15) is 5.10 Å². The van der Waals surface area contributed by atoms with Crippen LogP contribution in [0.15, 0.2) is 34.7 Å². The lowest BCUT2D eigenvalue weighted by Crippen LogP contribution is -1.93. The summed E-state index contributed by atoms with van der Waals surface area (Å²) in [5.74, 6) is 1.36. The lowest BCUT2D eigenvalue weighted by Gasteiger charge is -2.01. The molecule has 0 bridgehead atoms. The number of hydrogen-bond acceptors (Lipinski definition) is 6. The molecule has 0 aliphatic heterocycles. The fraction of sp³-hybridized carbons (Fsp3) is 0.167. The molecule has 0 aliphatic rings. The average Bonchev–Trinajstić information content (AvgIpc) is 2.78. The number of thiazole rings is 1. The number of nitrogen functional groups attached to an aromatic ring is 1. The number of nitrogens with one attached hydrogen (secondary N) is 1. The van der Waals surface area contributed by atoms with Crippen molar-refractivity contribution < 1.29 is 4.74 Å². The van der Waals surface area contributed by atoms with Gasteiger partial charge in [0.25, 0.3) is 0 Å². The highest BCUT2D eigenvalue weighted by Crippen LogP contribution is 2.16. The molecule has 1 aromatic carbocycles. The number of nitrogens with zero attached hydrogens (tertiary/aromatic N) is 2. The van der Waals surface area contributed by atoms with Crippen LogP contribution in [0.2, 0.25) is 0 Å². The van der Waals surface area contributed by atoms with E-state index in [1.165, 1.54) is 11.3 Å². The minimum absolute atomic E-state index is 0.499. The Bertz CT molecular complexity index is 521. The van der Waals surface area contributed by atoms with Crippen molar-refractivity contribution in [1.29, 1.82) is 0 Å². The van der Waals surface area contributed by atoms with Crippen LogP contribution in [-0.4, -0.2) is 17.8 Å². The van der Waals surface area contributed by atoms with Crippen molar-refractivity contribution in [3.8, 4) is 5.75 Å². The molecule has 1 heterocycles. The van der Waals surface area contributed by atoms with Crippen LogP contribution in [0.25, 0.3) is 0 Å². The molecule has 3 N–H and O–H groups in total. The monoisotopic (exact) mass is 262 g/mol. The number of nitrogens with two attached hydrogens (primary N) is 1. The van der Waals surface area contributed by atoms with Gasteiger partial charge in [0, 0.05) is 5.38 Å². The Morgan fingerprint density at radius 2 is 2.22 bits per heavy atom. The van der Waals surface area contributed by atoms with Gasteiger partial charge in [-0.3, -0.25) is 5.43 Å². The van der Waals surface area contributed by atoms with E-state index in [0.717, 1.165) is 11.3 Å². The summed E-state index contributed by atoms with van der Waals surface area (Å²) < 4.78 is 5.36. The SMILES string of the molecule is CCOc1ccc(C=NNc2nc(N)cs2)cc1. The van der Waals surface area contributed by atoms with Gasteiger partial charge in [-0.15, -0.1) is 11.3 Å². The lowest BCUT2D eigenvalue weighted by molar-refractivity contribution is 0.340. The summed E-state index contributed by atoms with van der Waals surface area (Å²) in [7, 11) is 0. The lowest BCUT2D eigenvalue weighted by atomic mass is 10.2. The Morgan fingerprint density at radius 1 is 1.44 bits per heavy atom. The Kier molecular flexibility index (Phi) is 4.14. The molecule has 94 valence electrons. The maximum absolute atomic E-state index is 5.50. The summed E-state index contributed by atoms with van der Waals surface area (Å²) >= 11 is 1.41. The van der Waals surface area contributed by atoms with Crippen molar-refractivity contribution in [3.05, 3.63) is 35.2 Å². The van der Waals surface area contributed by atoms with Crippen LogP contribution in [-0.2, 0) is 0 Å². The molecule has 0 aliphatic carbocycles. The normalized spacial score (nSPS) is 10.7. The molecular weight excluding hydrogens is 248 g/mol. The third kappa shape index (κ3) is 3.46. The van der Waals surface area contributed by atoms with Gasteiger partial charge in [-0.1, -0.05) is 0 Å². The first-order chi connectivity index (χ1) is 8.78. The van der Waals surface area contributed by atoms with Crippen molar-refractivity contribution in [3.63, 3.8) is 0 Å². The van der Waals surface area contributed by atoms with E-state index in [1.54, 1.807) is 11.6 Å². The molecule has 6 heteroatoms. The van der Waals surface area contributed by atoms with E-state index >= 15 is 0 Å². The van der Waals surface area contributed by atoms with Gasteiger partial charge in [-0.05, 0) is 36.8 Å². The molecule has 0 fully saturated rings. The van der Waals surface area contributed by atoms with Crippen LogP contribution in [0.5, 0.6) is 5.75 Å². The maximum atomic E-state index is 5.50. The number of ether oxygens (including phenoxy) is 1. The number of hydrogen-bond donors (Lipinski definition) is 2. The Balaban J connectivity index is 1.92. The van der Waals surface area contributed by atoms with E-state index in [1.807, 2.05) is 31.2 Å². The van der Waals surface area contributed by atoms with Gasteiger partial charge < -0.3 is 10.5 Å². The molecule has 0 spiro atoms. The van der Waals surface area contributed by atoms with Crippen molar-refractivity contribution in [2.24, 2.45) is 5.10 Å². The smallest absolute Gasteiger partial charge is 0.205 e. The molecule has 18 heavy (non-hydrogen) atoms. The minimum Gasteiger partial charge on any atom is -0.494 e. The topological polar surface area (TPSA) is 72.5 Å². The fourth-order valence-corrected chi connectivity index (χ4v) is 1.86. The summed E-state index contributed by atoms with van der Waals surface area (Å²) in [6, 6.07) is 7.69. The average molecular weight is 262 g/mol. The molecule has 1 aromatic heterocycles. The number of anilines is 2. The quantitative estimate of drug-likeness (QED) is 0.641. The fourth-order valence-electron chi connectivity index (χ4n) is 1.32. The molecule has 5 nitrogen and oxygen atoms in total. The maximum Gasteiger partial charge on any atom is 0.205 e. The molecular formula is C12H14N4OS. The molecule has 0 saturated carbocycles. The van der Waals surface area contributed by atoms with Crippen LogP contribution in [0.1, 0.15) is 12.5 Å². The first kappa shape index (κ1) is 12.4. The van der Waals surface area contributed by atoms with Gasteiger partial charge in [0.2, 0.25) is 5.13 Å². The Morgan fingerprint density at radius 3 is 2.83 bits per heavy atom. The molecule has 2 aromatic rings. The molecule has 2 rings (SSSR count).